The van der Waals surface area contributed by atoms with Crippen LogP contribution in [0.25, 0.3) is 5.82 Å². The number of esters is 1. The lowest BCUT2D eigenvalue weighted by atomic mass is 10.2. The molecule has 1 atom stereocenters. The second-order valence-corrected chi connectivity index (χ2v) is 3.95. The molecule has 0 spiro atoms. The van der Waals surface area contributed by atoms with Gasteiger partial charge in [0.15, 0.2) is 5.82 Å². The van der Waals surface area contributed by atoms with E-state index in [2.05, 4.69) is 15.1 Å². The monoisotopic (exact) mass is 261 g/mol. The van der Waals surface area contributed by atoms with Gasteiger partial charge in [0.25, 0.3) is 0 Å². The smallest absolute Gasteiger partial charge is 0.341 e. The third-order valence-electron chi connectivity index (χ3n) is 2.45. The van der Waals surface area contributed by atoms with E-state index in [1.165, 1.54) is 10.9 Å². The Kier molecular flexibility index (Phi) is 3.86. The number of carbonyl (C=O) groups is 1. The Morgan fingerprint density at radius 2 is 2.21 bits per heavy atom. The van der Waals surface area contributed by atoms with Crippen LogP contribution in [0, 0.1) is 0 Å². The molecule has 0 radical (unpaired) electrons. The zero-order chi connectivity index (χ0) is 13.8. The maximum atomic E-state index is 11.6. The van der Waals surface area contributed by atoms with E-state index in [4.69, 9.17) is 10.5 Å². The highest BCUT2D eigenvalue weighted by Gasteiger charge is 2.15. The van der Waals surface area contributed by atoms with Crippen LogP contribution in [0.3, 0.4) is 0 Å². The van der Waals surface area contributed by atoms with E-state index in [0.29, 0.717) is 23.7 Å². The molecule has 0 aliphatic heterocycles. The quantitative estimate of drug-likeness (QED) is 0.820. The van der Waals surface area contributed by atoms with Crippen LogP contribution in [0.1, 0.15) is 35.9 Å². The van der Waals surface area contributed by atoms with E-state index >= 15 is 0 Å². The number of nitrogens with zero attached hydrogens (tertiary/aromatic N) is 4. The highest BCUT2D eigenvalue weighted by atomic mass is 16.5. The minimum Gasteiger partial charge on any atom is -0.462 e. The molecule has 2 aromatic rings. The number of ether oxygens (including phenoxy) is 1. The summed E-state index contributed by atoms with van der Waals surface area (Å²) in [4.78, 5) is 19.9. The van der Waals surface area contributed by atoms with Crippen LogP contribution in [0.4, 0.5) is 0 Å². The first-order chi connectivity index (χ1) is 9.13. The molecule has 2 N–H and O–H groups in total. The minimum absolute atomic E-state index is 0.279. The highest BCUT2D eigenvalue weighted by molar-refractivity contribution is 5.88. The molecule has 2 aromatic heterocycles. The molecule has 0 bridgehead atoms. The van der Waals surface area contributed by atoms with E-state index in [-0.39, 0.29) is 6.04 Å². The maximum absolute atomic E-state index is 11.6. The molecule has 0 saturated carbocycles. The van der Waals surface area contributed by atoms with Gasteiger partial charge in [-0.1, -0.05) is 0 Å². The van der Waals surface area contributed by atoms with Gasteiger partial charge in [-0.05, 0) is 13.8 Å². The highest BCUT2D eigenvalue weighted by Crippen LogP contribution is 2.14. The molecule has 100 valence electrons. The number of aromatic nitrogens is 4. The molecular weight excluding hydrogens is 246 g/mol. The predicted molar refractivity (Wildman–Crippen MR) is 67.7 cm³/mol. The van der Waals surface area contributed by atoms with Crippen molar-refractivity contribution in [2.75, 3.05) is 6.61 Å². The average molecular weight is 261 g/mol. The number of hydrogen-bond acceptors (Lipinski definition) is 6. The van der Waals surface area contributed by atoms with Crippen molar-refractivity contribution in [3.05, 3.63) is 36.0 Å². The first kappa shape index (κ1) is 13.2. The summed E-state index contributed by atoms with van der Waals surface area (Å²) in [6.07, 6.45) is 6.09. The van der Waals surface area contributed by atoms with Crippen LogP contribution in [0.15, 0.2) is 24.8 Å². The van der Waals surface area contributed by atoms with Gasteiger partial charge < -0.3 is 10.5 Å². The Balaban J connectivity index is 2.36. The Bertz CT molecular complexity index is 579. The molecular formula is C12H15N5O2. The summed E-state index contributed by atoms with van der Waals surface area (Å²) >= 11 is 0. The van der Waals surface area contributed by atoms with Gasteiger partial charge in [0.1, 0.15) is 5.69 Å². The molecule has 0 saturated heterocycles. The molecule has 2 heterocycles. The molecule has 19 heavy (non-hydrogen) atoms. The van der Waals surface area contributed by atoms with Crippen LogP contribution in [0.5, 0.6) is 0 Å². The summed E-state index contributed by atoms with van der Waals surface area (Å²) in [5.74, 6) is 0.0908. The summed E-state index contributed by atoms with van der Waals surface area (Å²) in [5.41, 5.74) is 6.81. The Labute approximate surface area is 110 Å². The van der Waals surface area contributed by atoms with Crippen LogP contribution in [-0.4, -0.2) is 32.3 Å². The predicted octanol–water partition coefficient (Wildman–Crippen LogP) is 0.859. The fourth-order valence-corrected chi connectivity index (χ4v) is 1.60. The number of hydrogen-bond donors (Lipinski definition) is 1. The van der Waals surface area contributed by atoms with Gasteiger partial charge in [-0.15, -0.1) is 0 Å². The molecule has 0 amide bonds. The fourth-order valence-electron chi connectivity index (χ4n) is 1.60. The maximum Gasteiger partial charge on any atom is 0.341 e. The summed E-state index contributed by atoms with van der Waals surface area (Å²) < 4.78 is 6.37. The molecule has 0 aliphatic carbocycles. The fraction of sp³-hybridized carbons (Fsp3) is 0.333. The van der Waals surface area contributed by atoms with Crippen molar-refractivity contribution in [3.8, 4) is 5.82 Å². The molecule has 2 rings (SSSR count). The second-order valence-electron chi connectivity index (χ2n) is 3.95. The Morgan fingerprint density at radius 3 is 2.89 bits per heavy atom. The molecule has 7 heteroatoms. The van der Waals surface area contributed by atoms with Crippen molar-refractivity contribution in [2.45, 2.75) is 19.9 Å². The van der Waals surface area contributed by atoms with E-state index < -0.39 is 5.97 Å². The topological polar surface area (TPSA) is 95.9 Å². The third kappa shape index (κ3) is 2.76. The standard InChI is InChI=1S/C12H15N5O2/c1-3-19-12(18)9-6-16-17(7-9)11-10(8(2)13)14-4-5-15-11/h4-8H,3,13H2,1-2H3/t8-/m1/s1. The lowest BCUT2D eigenvalue weighted by Crippen LogP contribution is -2.13. The van der Waals surface area contributed by atoms with Gasteiger partial charge in [-0.2, -0.15) is 5.10 Å². The Hall–Kier alpha value is -2.28. The van der Waals surface area contributed by atoms with Gasteiger partial charge >= 0.3 is 5.97 Å². The van der Waals surface area contributed by atoms with Crippen molar-refractivity contribution in [1.82, 2.24) is 19.7 Å². The lowest BCUT2D eigenvalue weighted by Gasteiger charge is -2.09. The van der Waals surface area contributed by atoms with Gasteiger partial charge in [0, 0.05) is 24.6 Å². The van der Waals surface area contributed by atoms with E-state index in [9.17, 15) is 4.79 Å². The summed E-state index contributed by atoms with van der Waals surface area (Å²) in [7, 11) is 0. The van der Waals surface area contributed by atoms with Gasteiger partial charge in [0.05, 0.1) is 18.4 Å². The molecule has 7 nitrogen and oxygen atoms in total. The van der Waals surface area contributed by atoms with Crippen molar-refractivity contribution in [1.29, 1.82) is 0 Å². The first-order valence-corrected chi connectivity index (χ1v) is 5.92. The SMILES string of the molecule is CCOC(=O)c1cnn(-c2nccnc2[C@@H](C)N)c1. The van der Waals surface area contributed by atoms with Crippen LogP contribution in [0.2, 0.25) is 0 Å². The van der Waals surface area contributed by atoms with Crippen molar-refractivity contribution in [2.24, 2.45) is 5.73 Å². The summed E-state index contributed by atoms with van der Waals surface area (Å²) in [6.45, 7) is 3.88. The third-order valence-corrected chi connectivity index (χ3v) is 2.45. The van der Waals surface area contributed by atoms with Crippen molar-refractivity contribution >= 4 is 5.97 Å². The van der Waals surface area contributed by atoms with Crippen molar-refractivity contribution in [3.63, 3.8) is 0 Å². The van der Waals surface area contributed by atoms with Crippen molar-refractivity contribution < 1.29 is 9.53 Å². The van der Waals surface area contributed by atoms with Crippen LogP contribution in [-0.2, 0) is 4.74 Å². The zero-order valence-electron chi connectivity index (χ0n) is 10.8. The summed E-state index contributed by atoms with van der Waals surface area (Å²) in [5, 5.41) is 4.09. The first-order valence-electron chi connectivity index (χ1n) is 5.92. The van der Waals surface area contributed by atoms with Gasteiger partial charge in [-0.3, -0.25) is 4.98 Å². The minimum atomic E-state index is -0.417. The molecule has 0 fully saturated rings. The Morgan fingerprint density at radius 1 is 1.47 bits per heavy atom. The van der Waals surface area contributed by atoms with Gasteiger partial charge in [0.2, 0.25) is 0 Å². The summed E-state index contributed by atoms with van der Waals surface area (Å²) in [6, 6.07) is -0.279. The molecule has 0 aliphatic rings. The molecule has 0 unspecified atom stereocenters. The normalized spacial score (nSPS) is 12.2. The number of carbonyl (C=O) groups excluding carboxylic acids is 1. The van der Waals surface area contributed by atoms with E-state index in [1.54, 1.807) is 25.5 Å². The van der Waals surface area contributed by atoms with E-state index in [0.717, 1.165) is 0 Å². The largest absolute Gasteiger partial charge is 0.462 e. The van der Waals surface area contributed by atoms with E-state index in [1.807, 2.05) is 6.92 Å². The molecule has 0 aromatic carbocycles. The average Bonchev–Trinajstić information content (AvgIpc) is 2.88. The zero-order valence-corrected chi connectivity index (χ0v) is 10.8. The van der Waals surface area contributed by atoms with Crippen LogP contribution >= 0.6 is 0 Å². The number of nitrogens with two attached hydrogens (primary N) is 1. The van der Waals surface area contributed by atoms with Gasteiger partial charge in [-0.25, -0.2) is 14.5 Å². The number of rotatable bonds is 4. The lowest BCUT2D eigenvalue weighted by molar-refractivity contribution is 0.0526. The second kappa shape index (κ2) is 5.57. The van der Waals surface area contributed by atoms with Crippen LogP contribution < -0.4 is 5.73 Å².